The summed E-state index contributed by atoms with van der Waals surface area (Å²) in [6.45, 7) is 9.76. The molecule has 0 aliphatic carbocycles. The van der Waals surface area contributed by atoms with E-state index in [1.807, 2.05) is 42.9 Å². The van der Waals surface area contributed by atoms with Crippen molar-refractivity contribution in [1.29, 1.82) is 0 Å². The number of aryl methyl sites for hydroxylation is 1. The number of para-hydroxylation sites is 1. The molecule has 3 fully saturated rings. The SMILES string of the molecule is CNC(=O)COc1cc2cc(Nc3nc(N4CCC([I-]N5CCN(c6cccc7c(C8CCC(=O)NC8=O)nn(C)c67)CC5)[C@@H](C)C4)ncc3Cl)cc3c2n(c1=O)[C@H](C)CO3. The van der Waals surface area contributed by atoms with E-state index in [1.54, 1.807) is 16.8 Å². The fourth-order valence-corrected chi connectivity index (χ4v) is 12.3. The second-order valence-electron chi connectivity index (χ2n) is 16.1. The second-order valence-corrected chi connectivity index (χ2v) is 20.0. The maximum absolute atomic E-state index is 13.4. The van der Waals surface area contributed by atoms with Gasteiger partial charge in [-0.1, -0.05) is 0 Å². The number of nitrogens with one attached hydrogen (secondary N) is 3. The van der Waals surface area contributed by atoms with E-state index in [9.17, 15) is 19.2 Å². The molecule has 0 bridgehead atoms. The Morgan fingerprint density at radius 3 is 2.64 bits per heavy atom. The standard InChI is InChI=1S/C42H48ClIN11O6/c1-23-20-53(11-10-30(23)44-54-14-12-52(13-15-54)31-7-5-6-27-36(50-51(4)38(27)31)28-8-9-34(56)48-40(28)58)42-46-19-29(43)39(49-42)47-26-16-25-17-33(61-22-35(57)45-3)41(59)55-24(2)21-60-32(18-26)37(25)55/h5-7,16-19,23-24,28,30H,8-15,20-22H2,1-4H3,(H,45,57)(H,46,47,49)(H,48,56,58)/q-1/t23-,24+,28?,30?/m0/s1. The summed E-state index contributed by atoms with van der Waals surface area (Å²) in [4.78, 5) is 64.1. The Kier molecular flexibility index (Phi) is 11.4. The number of rotatable bonds is 10. The van der Waals surface area contributed by atoms with Crippen molar-refractivity contribution < 1.29 is 45.3 Å². The number of likely N-dealkylation sites (N-methyl/N-ethyl adjacent to an activating group) is 1. The smallest absolute Gasteiger partial charge is 0.295 e. The Labute approximate surface area is 367 Å². The first kappa shape index (κ1) is 41.2. The summed E-state index contributed by atoms with van der Waals surface area (Å²) in [5, 5.41) is 15.2. The van der Waals surface area contributed by atoms with Crippen molar-refractivity contribution in [3.05, 3.63) is 63.7 Å². The number of pyridine rings is 1. The molecule has 2 aromatic carbocycles. The number of carbonyl (C=O) groups is 3. The molecule has 61 heavy (non-hydrogen) atoms. The normalized spacial score (nSPS) is 22.0. The van der Waals surface area contributed by atoms with E-state index in [0.717, 1.165) is 68.0 Å². The molecule has 0 radical (unpaired) electrons. The van der Waals surface area contributed by atoms with Crippen LogP contribution in [0.15, 0.2) is 47.4 Å². The van der Waals surface area contributed by atoms with Crippen molar-refractivity contribution >= 4 is 74.3 Å². The topological polar surface area (TPSA) is 181 Å². The monoisotopic (exact) mass is 964 g/mol. The zero-order chi connectivity index (χ0) is 42.5. The van der Waals surface area contributed by atoms with Crippen LogP contribution in [0.4, 0.5) is 23.1 Å². The number of hydrogen-bond donors (Lipinski definition) is 3. The van der Waals surface area contributed by atoms with E-state index in [0.29, 0.717) is 68.4 Å². The molecule has 3 N–H and O–H groups in total. The first-order chi connectivity index (χ1) is 29.4. The van der Waals surface area contributed by atoms with Gasteiger partial charge < -0.3 is 10.1 Å². The van der Waals surface area contributed by atoms with E-state index in [1.165, 1.54) is 7.05 Å². The molecule has 9 rings (SSSR count). The number of amides is 3. The van der Waals surface area contributed by atoms with Crippen LogP contribution in [-0.2, 0) is 21.4 Å². The minimum absolute atomic E-state index is 0.0830. The Bertz CT molecular complexity index is 2610. The predicted octanol–water partition coefficient (Wildman–Crippen LogP) is 0.715. The Balaban J connectivity index is 0.841. The molecule has 4 atom stereocenters. The van der Waals surface area contributed by atoms with Crippen molar-refractivity contribution in [1.82, 2.24) is 38.1 Å². The van der Waals surface area contributed by atoms with Gasteiger partial charge in [-0.3, -0.25) is 19.0 Å². The molecule has 7 heterocycles. The van der Waals surface area contributed by atoms with Crippen molar-refractivity contribution in [2.45, 2.75) is 49.0 Å². The molecule has 322 valence electrons. The summed E-state index contributed by atoms with van der Waals surface area (Å²) >= 11 is 6.46. The summed E-state index contributed by atoms with van der Waals surface area (Å²) in [6.07, 6.45) is 3.48. The number of ether oxygens (including phenoxy) is 2. The van der Waals surface area contributed by atoms with Gasteiger partial charge in [-0.25, -0.2) is 0 Å². The molecule has 4 aliphatic rings. The zero-order valence-corrected chi connectivity index (χ0v) is 37.3. The number of piperazine rings is 1. The van der Waals surface area contributed by atoms with Gasteiger partial charge in [-0.15, -0.1) is 0 Å². The number of fused-ring (bicyclic) bond motifs is 1. The number of nitrogens with zero attached hydrogens (tertiary/aromatic N) is 8. The number of aromatic nitrogens is 5. The van der Waals surface area contributed by atoms with E-state index in [-0.39, 0.29) is 63.2 Å². The average molecular weight is 965 g/mol. The molecule has 0 spiro atoms. The van der Waals surface area contributed by atoms with E-state index in [2.05, 4.69) is 46.8 Å². The molecule has 4 aliphatic heterocycles. The maximum atomic E-state index is 13.4. The Morgan fingerprint density at radius 2 is 1.87 bits per heavy atom. The summed E-state index contributed by atoms with van der Waals surface area (Å²) in [7, 11) is 3.45. The van der Waals surface area contributed by atoms with Crippen molar-refractivity contribution in [3.63, 3.8) is 0 Å². The van der Waals surface area contributed by atoms with Crippen molar-refractivity contribution in [2.75, 3.05) is 74.6 Å². The Morgan fingerprint density at radius 1 is 1.05 bits per heavy atom. The molecule has 0 saturated carbocycles. The summed E-state index contributed by atoms with van der Waals surface area (Å²) in [6, 6.07) is 11.4. The van der Waals surface area contributed by atoms with Crippen molar-refractivity contribution in [3.8, 4) is 11.5 Å². The fraction of sp³-hybridized carbons (Fsp3) is 0.452. The van der Waals surface area contributed by atoms with Crippen LogP contribution in [0, 0.1) is 5.92 Å². The van der Waals surface area contributed by atoms with Gasteiger partial charge in [0, 0.05) is 7.05 Å². The molecule has 3 aromatic heterocycles. The summed E-state index contributed by atoms with van der Waals surface area (Å²) < 4.78 is 18.6. The van der Waals surface area contributed by atoms with Crippen LogP contribution in [0.3, 0.4) is 0 Å². The summed E-state index contributed by atoms with van der Waals surface area (Å²) in [5.74, 6) is 0.899. The molecule has 2 unspecified atom stereocenters. The van der Waals surface area contributed by atoms with Crippen LogP contribution < -0.4 is 62.3 Å². The summed E-state index contributed by atoms with van der Waals surface area (Å²) in [5.41, 5.74) is 3.89. The number of hydrogen-bond acceptors (Lipinski definition) is 13. The number of imide groups is 1. The molecule has 5 aromatic rings. The third-order valence-corrected chi connectivity index (χ3v) is 16.6. The van der Waals surface area contributed by atoms with Gasteiger partial charge in [-0.2, -0.15) is 0 Å². The third kappa shape index (κ3) is 8.04. The van der Waals surface area contributed by atoms with Crippen molar-refractivity contribution in [2.24, 2.45) is 13.0 Å². The average Bonchev–Trinajstić information content (AvgIpc) is 3.59. The van der Waals surface area contributed by atoms with Gasteiger partial charge in [0.1, 0.15) is 6.61 Å². The predicted molar refractivity (Wildman–Crippen MR) is 228 cm³/mol. The van der Waals surface area contributed by atoms with E-state index >= 15 is 0 Å². The number of anilines is 4. The Hall–Kier alpha value is -5.21. The van der Waals surface area contributed by atoms with Crippen LogP contribution in [0.5, 0.6) is 11.5 Å². The minimum Gasteiger partial charge on any atom is -0.295 e. The zero-order valence-electron chi connectivity index (χ0n) is 34.4. The molecule has 19 heteroatoms. The van der Waals surface area contributed by atoms with Crippen LogP contribution in [0.1, 0.15) is 50.8 Å². The molecule has 3 amide bonds. The van der Waals surface area contributed by atoms with E-state index < -0.39 is 5.92 Å². The molecule has 3 saturated heterocycles. The van der Waals surface area contributed by atoms with Gasteiger partial charge in [0.15, 0.2) is 12.4 Å². The fourth-order valence-electron chi connectivity index (χ4n) is 8.81. The first-order valence-electron chi connectivity index (χ1n) is 20.6. The number of alkyl halides is 1. The van der Waals surface area contributed by atoms with Gasteiger partial charge in [0.25, 0.3) is 11.5 Å². The number of carbonyl (C=O) groups excluding carboxylic acids is 3. The van der Waals surface area contributed by atoms with E-state index in [4.69, 9.17) is 31.2 Å². The van der Waals surface area contributed by atoms with Crippen LogP contribution in [-0.4, -0.2) is 109 Å². The van der Waals surface area contributed by atoms with Crippen LogP contribution in [0.25, 0.3) is 21.8 Å². The number of halogens is 2. The number of benzene rings is 2. The van der Waals surface area contributed by atoms with Crippen LogP contribution >= 0.6 is 11.6 Å². The second kappa shape index (κ2) is 16.9. The van der Waals surface area contributed by atoms with Gasteiger partial charge in [-0.05, 0) is 6.92 Å². The molecular formula is C42H48ClIN11O6-. The van der Waals surface area contributed by atoms with Gasteiger partial charge >= 0.3 is 290 Å². The quantitative estimate of drug-likeness (QED) is 0.0773. The third-order valence-electron chi connectivity index (χ3n) is 12.0. The molecular weight excluding hydrogens is 917 g/mol. The van der Waals surface area contributed by atoms with Gasteiger partial charge in [0.2, 0.25) is 0 Å². The molecule has 17 nitrogen and oxygen atoms in total. The first-order valence-corrected chi connectivity index (χ1v) is 23.2. The van der Waals surface area contributed by atoms with Crippen LogP contribution in [0.2, 0.25) is 5.02 Å². The van der Waals surface area contributed by atoms with Gasteiger partial charge in [0.05, 0.1) is 6.04 Å². The number of piperidine rings is 2. The minimum atomic E-state index is -0.429.